The van der Waals surface area contributed by atoms with Crippen LogP contribution in [0.15, 0.2) is 66.7 Å². The van der Waals surface area contributed by atoms with E-state index in [0.29, 0.717) is 49.5 Å². The molecule has 6 nitrogen and oxygen atoms in total. The number of Topliss-reactive ketones (excluding diaryl/α,β-unsaturated/α-hetero) is 1. The van der Waals surface area contributed by atoms with Gasteiger partial charge in [0.2, 0.25) is 0 Å². The second kappa shape index (κ2) is 10.4. The van der Waals surface area contributed by atoms with Gasteiger partial charge in [-0.2, -0.15) is 0 Å². The molecule has 2 N–H and O–H groups in total. The van der Waals surface area contributed by atoms with E-state index in [-0.39, 0.29) is 17.7 Å². The van der Waals surface area contributed by atoms with Gasteiger partial charge in [0, 0.05) is 31.1 Å². The number of nitrogens with zero attached hydrogens (tertiary/aromatic N) is 1. The molecule has 1 unspecified atom stereocenters. The highest BCUT2D eigenvalue weighted by Gasteiger charge is 2.62. The van der Waals surface area contributed by atoms with Crippen LogP contribution in [0.3, 0.4) is 0 Å². The Morgan fingerprint density at radius 2 is 1.80 bits per heavy atom. The smallest absolute Gasteiger partial charge is 0.255 e. The van der Waals surface area contributed by atoms with Crippen molar-refractivity contribution in [1.82, 2.24) is 10.2 Å². The van der Waals surface area contributed by atoms with E-state index < -0.39 is 17.6 Å². The average molecular weight is 551 g/mol. The molecule has 3 aromatic rings. The first-order valence-corrected chi connectivity index (χ1v) is 15.2. The van der Waals surface area contributed by atoms with Crippen molar-refractivity contribution in [3.63, 3.8) is 0 Å². The predicted molar refractivity (Wildman–Crippen MR) is 158 cm³/mol. The molecule has 2 saturated carbocycles. The molecular formula is C35H38N2O4. The molecule has 4 aliphatic rings. The van der Waals surface area contributed by atoms with Crippen LogP contribution in [0.25, 0.3) is 11.1 Å². The first kappa shape index (κ1) is 26.4. The normalized spacial score (nSPS) is 26.0. The minimum Gasteiger partial charge on any atom is -0.481 e. The van der Waals surface area contributed by atoms with E-state index in [4.69, 9.17) is 4.74 Å². The first-order valence-electron chi connectivity index (χ1n) is 15.2. The number of carbonyl (C=O) groups is 2. The lowest BCUT2D eigenvalue weighted by atomic mass is 9.61. The van der Waals surface area contributed by atoms with E-state index in [1.807, 2.05) is 30.3 Å². The first-order chi connectivity index (χ1) is 20.0. The molecule has 0 aromatic heterocycles. The summed E-state index contributed by atoms with van der Waals surface area (Å²) in [7, 11) is 0. The Morgan fingerprint density at radius 1 is 1.05 bits per heavy atom. The van der Waals surface area contributed by atoms with Gasteiger partial charge in [-0.1, -0.05) is 67.6 Å². The minimum atomic E-state index is -1.04. The molecule has 3 aromatic carbocycles. The van der Waals surface area contributed by atoms with Crippen molar-refractivity contribution in [3.8, 4) is 16.9 Å². The summed E-state index contributed by atoms with van der Waals surface area (Å²) in [5, 5.41) is 15.3. The number of carbonyl (C=O) groups excluding carboxylic acids is 2. The predicted octanol–water partition coefficient (Wildman–Crippen LogP) is 4.92. The van der Waals surface area contributed by atoms with Gasteiger partial charge in [-0.15, -0.1) is 0 Å². The van der Waals surface area contributed by atoms with E-state index in [1.165, 1.54) is 24.0 Å². The number of likely N-dealkylation sites (N-methyl/N-ethyl adjacent to an activating group) is 1. The molecule has 212 valence electrons. The van der Waals surface area contributed by atoms with Crippen LogP contribution in [-0.4, -0.2) is 59.1 Å². The maximum atomic E-state index is 13.4. The van der Waals surface area contributed by atoms with E-state index in [1.54, 1.807) is 0 Å². The van der Waals surface area contributed by atoms with Gasteiger partial charge in [0.25, 0.3) is 5.91 Å². The molecular weight excluding hydrogens is 512 g/mol. The zero-order valence-electron chi connectivity index (χ0n) is 23.6. The van der Waals surface area contributed by atoms with Crippen molar-refractivity contribution in [2.24, 2.45) is 5.92 Å². The van der Waals surface area contributed by atoms with Gasteiger partial charge < -0.3 is 15.2 Å². The molecule has 2 fully saturated rings. The Bertz CT molecular complexity index is 1470. The number of rotatable bonds is 9. The van der Waals surface area contributed by atoms with E-state index >= 15 is 0 Å². The molecule has 0 spiro atoms. The summed E-state index contributed by atoms with van der Waals surface area (Å²) in [5.41, 5.74) is 4.89. The topological polar surface area (TPSA) is 78.9 Å². The highest BCUT2D eigenvalue weighted by Crippen LogP contribution is 2.57. The molecule has 3 aliphatic carbocycles. The number of hydrogen-bond donors (Lipinski definition) is 2. The van der Waals surface area contributed by atoms with Gasteiger partial charge in [-0.25, -0.2) is 0 Å². The van der Waals surface area contributed by atoms with E-state index in [9.17, 15) is 14.7 Å². The highest BCUT2D eigenvalue weighted by atomic mass is 16.5. The zero-order chi connectivity index (χ0) is 28.1. The molecule has 0 bridgehead atoms. The van der Waals surface area contributed by atoms with Crippen molar-refractivity contribution >= 4 is 11.7 Å². The number of benzene rings is 3. The van der Waals surface area contributed by atoms with Crippen LogP contribution in [0.2, 0.25) is 0 Å². The van der Waals surface area contributed by atoms with Gasteiger partial charge in [-0.3, -0.25) is 14.5 Å². The number of ether oxygens (including phenoxy) is 1. The number of ketones is 1. The van der Waals surface area contributed by atoms with Crippen LogP contribution in [-0.2, 0) is 17.6 Å². The second-order valence-corrected chi connectivity index (χ2v) is 12.3. The maximum Gasteiger partial charge on any atom is 0.255 e. The van der Waals surface area contributed by atoms with Crippen LogP contribution in [0, 0.1) is 5.92 Å². The zero-order valence-corrected chi connectivity index (χ0v) is 23.6. The third-order valence-corrected chi connectivity index (χ3v) is 9.80. The van der Waals surface area contributed by atoms with Crippen molar-refractivity contribution in [2.75, 3.05) is 19.6 Å². The van der Waals surface area contributed by atoms with Gasteiger partial charge in [0.15, 0.2) is 11.9 Å². The number of aliphatic hydroxyl groups is 1. The Labute approximate surface area is 241 Å². The SMILES string of the molecule is CCN(CC1CC1)[C@@H]1Cc2ccc(C(=O)NCCc3ccc(-c4ccccc4)cc3)c3c2C2[C@@H](O3)C(=O)CC[C@]21O. The Kier molecular flexibility index (Phi) is 6.71. The number of nitrogens with one attached hydrogen (secondary N) is 1. The lowest BCUT2D eigenvalue weighted by Crippen LogP contribution is -2.64. The summed E-state index contributed by atoms with van der Waals surface area (Å²) >= 11 is 0. The second-order valence-electron chi connectivity index (χ2n) is 12.3. The molecule has 1 aliphatic heterocycles. The van der Waals surface area contributed by atoms with Gasteiger partial charge in [-0.05, 0) is 72.9 Å². The Balaban J connectivity index is 1.09. The summed E-state index contributed by atoms with van der Waals surface area (Å²) in [4.78, 5) is 28.9. The van der Waals surface area contributed by atoms with Gasteiger partial charge in [0.1, 0.15) is 5.75 Å². The summed E-state index contributed by atoms with van der Waals surface area (Å²) in [6, 6.07) is 22.5. The average Bonchev–Trinajstić information content (AvgIpc) is 3.72. The number of hydrogen-bond acceptors (Lipinski definition) is 5. The van der Waals surface area contributed by atoms with Crippen LogP contribution in [0.5, 0.6) is 5.75 Å². The Hall–Kier alpha value is -3.48. The summed E-state index contributed by atoms with van der Waals surface area (Å²) < 4.78 is 6.32. The van der Waals surface area contributed by atoms with Crippen molar-refractivity contribution in [1.29, 1.82) is 0 Å². The van der Waals surface area contributed by atoms with Crippen molar-refractivity contribution < 1.29 is 19.4 Å². The monoisotopic (exact) mass is 550 g/mol. The standard InChI is InChI=1S/C35H38N2O4/c1-2-37(21-23-8-9-23)29-20-26-14-15-27(32-30(26)31-33(41-32)28(38)16-18-35(29,31)40)34(39)36-19-17-22-10-12-25(13-11-22)24-6-4-3-5-7-24/h3-7,10-15,23,29,31,33,40H,2,8-9,16-21H2,1H3,(H,36,39)/t29-,31?,33+,35-/m1/s1. The molecule has 41 heavy (non-hydrogen) atoms. The van der Waals surface area contributed by atoms with Crippen LogP contribution in [0.4, 0.5) is 0 Å². The third-order valence-electron chi connectivity index (χ3n) is 9.80. The fourth-order valence-electron chi connectivity index (χ4n) is 7.42. The molecule has 0 saturated heterocycles. The molecule has 6 heteroatoms. The third kappa shape index (κ3) is 4.67. The van der Waals surface area contributed by atoms with Gasteiger partial charge >= 0.3 is 0 Å². The van der Waals surface area contributed by atoms with E-state index in [0.717, 1.165) is 29.8 Å². The molecule has 0 radical (unpaired) electrons. The fraction of sp³-hybridized carbons (Fsp3) is 0.429. The number of amides is 1. The van der Waals surface area contributed by atoms with Crippen molar-refractivity contribution in [2.45, 2.75) is 69.1 Å². The summed E-state index contributed by atoms with van der Waals surface area (Å²) in [6.07, 6.45) is 3.97. The Morgan fingerprint density at radius 3 is 2.54 bits per heavy atom. The molecule has 7 rings (SSSR count). The van der Waals surface area contributed by atoms with Crippen LogP contribution >= 0.6 is 0 Å². The van der Waals surface area contributed by atoms with Crippen LogP contribution < -0.4 is 10.1 Å². The largest absolute Gasteiger partial charge is 0.481 e. The minimum absolute atomic E-state index is 0.0259. The fourth-order valence-corrected chi connectivity index (χ4v) is 7.42. The summed E-state index contributed by atoms with van der Waals surface area (Å²) in [6.45, 7) is 4.51. The summed E-state index contributed by atoms with van der Waals surface area (Å²) in [5.74, 6) is 0.614. The lowest BCUT2D eigenvalue weighted by Gasteiger charge is -2.52. The molecule has 4 atom stereocenters. The van der Waals surface area contributed by atoms with Crippen molar-refractivity contribution in [3.05, 3.63) is 89.0 Å². The molecule has 1 amide bonds. The van der Waals surface area contributed by atoms with Gasteiger partial charge in [0.05, 0.1) is 17.1 Å². The maximum absolute atomic E-state index is 13.4. The van der Waals surface area contributed by atoms with E-state index in [2.05, 4.69) is 53.5 Å². The van der Waals surface area contributed by atoms with Crippen LogP contribution in [0.1, 0.15) is 65.6 Å². The highest BCUT2D eigenvalue weighted by molar-refractivity contribution is 5.99. The quantitative estimate of drug-likeness (QED) is 0.395. The lowest BCUT2D eigenvalue weighted by molar-refractivity contribution is -0.147. The molecule has 1 heterocycles.